The van der Waals surface area contributed by atoms with Crippen molar-refractivity contribution in [3.8, 4) is 0 Å². The van der Waals surface area contributed by atoms with Crippen LogP contribution in [0.2, 0.25) is 0 Å². The minimum atomic E-state index is -1.67. The first kappa shape index (κ1) is 12.6. The zero-order chi connectivity index (χ0) is 13.3. The minimum absolute atomic E-state index is 1.27. The molecule has 0 spiro atoms. The monoisotopic (exact) mass is 282 g/mol. The first-order valence-corrected chi connectivity index (χ1v) is 9.55. The zero-order valence-corrected chi connectivity index (χ0v) is 12.5. The quantitative estimate of drug-likeness (QED) is 0.642. The van der Waals surface area contributed by atoms with Crippen molar-refractivity contribution in [1.82, 2.24) is 0 Å². The maximum atomic E-state index is 5.95. The molecule has 2 heteroatoms. The third-order valence-electron chi connectivity index (χ3n) is 3.47. The average Bonchev–Trinajstić information content (AvgIpc) is 2.47. The Kier molecular flexibility index (Phi) is 3.26. The molecule has 3 rings (SSSR count). The van der Waals surface area contributed by atoms with E-state index in [1.165, 1.54) is 21.4 Å². The third-order valence-corrected chi connectivity index (χ3v) is 7.29. The summed E-state index contributed by atoms with van der Waals surface area (Å²) in [6.07, 6.45) is 0. The molecule has 94 valence electrons. The Balaban J connectivity index is 2.16. The number of hydrogen-bond acceptors (Lipinski definition) is 1. The van der Waals surface area contributed by atoms with Gasteiger partial charge in [0.25, 0.3) is 0 Å². The van der Waals surface area contributed by atoms with Gasteiger partial charge < -0.3 is 0 Å². The molecule has 0 heterocycles. The summed E-state index contributed by atoms with van der Waals surface area (Å²) < 4.78 is 0. The molecule has 3 aromatic rings. The highest BCUT2D eigenvalue weighted by atomic mass is 32.4. The van der Waals surface area contributed by atoms with Crippen LogP contribution in [0, 0.1) is 0 Å². The second-order valence-electron chi connectivity index (χ2n) is 4.79. The molecule has 0 radical (unpaired) electrons. The van der Waals surface area contributed by atoms with Crippen LogP contribution in [0.25, 0.3) is 10.8 Å². The van der Waals surface area contributed by atoms with Gasteiger partial charge in [0.05, 0.1) is 0 Å². The van der Waals surface area contributed by atoms with E-state index in [4.69, 9.17) is 11.8 Å². The second kappa shape index (κ2) is 4.92. The summed E-state index contributed by atoms with van der Waals surface area (Å²) in [5.41, 5.74) is 0. The van der Waals surface area contributed by atoms with Gasteiger partial charge in [0.15, 0.2) is 0 Å². The molecule has 0 nitrogen and oxygen atoms in total. The summed E-state index contributed by atoms with van der Waals surface area (Å²) in [6, 6.07) is 23.9. The standard InChI is InChI=1S/C17H15PS/c1-18(19,16-9-3-2-4-10-16)17-12-11-14-7-5-6-8-15(14)13-17/h2-13H,1H3. The molecule has 0 aliphatic rings. The Morgan fingerprint density at radius 3 is 2.05 bits per heavy atom. The van der Waals surface area contributed by atoms with Gasteiger partial charge in [-0.1, -0.05) is 78.5 Å². The summed E-state index contributed by atoms with van der Waals surface area (Å²) in [7, 11) is 0. The third kappa shape index (κ3) is 2.36. The fraction of sp³-hybridized carbons (Fsp3) is 0.0588. The minimum Gasteiger partial charge on any atom is -0.0879 e. The van der Waals surface area contributed by atoms with Crippen molar-refractivity contribution in [2.45, 2.75) is 0 Å². The van der Waals surface area contributed by atoms with Gasteiger partial charge in [0.1, 0.15) is 0 Å². The number of benzene rings is 3. The molecule has 1 unspecified atom stereocenters. The van der Waals surface area contributed by atoms with Gasteiger partial charge in [0.2, 0.25) is 0 Å². The van der Waals surface area contributed by atoms with E-state index in [0.29, 0.717) is 0 Å². The molecule has 0 N–H and O–H groups in total. The Bertz CT molecular complexity index is 762. The number of rotatable bonds is 2. The van der Waals surface area contributed by atoms with Crippen LogP contribution < -0.4 is 10.6 Å². The molecule has 0 aliphatic carbocycles. The van der Waals surface area contributed by atoms with Gasteiger partial charge in [-0.2, -0.15) is 0 Å². The summed E-state index contributed by atoms with van der Waals surface area (Å²) in [6.45, 7) is 2.21. The highest BCUT2D eigenvalue weighted by Crippen LogP contribution is 2.39. The summed E-state index contributed by atoms with van der Waals surface area (Å²) >= 11 is 5.95. The van der Waals surface area contributed by atoms with Crippen LogP contribution in [0.3, 0.4) is 0 Å². The van der Waals surface area contributed by atoms with E-state index in [1.807, 2.05) is 6.07 Å². The van der Waals surface area contributed by atoms with Crippen LogP contribution in [-0.4, -0.2) is 6.66 Å². The van der Waals surface area contributed by atoms with Crippen LogP contribution >= 0.6 is 6.04 Å². The normalized spacial score (nSPS) is 14.2. The predicted octanol–water partition coefficient (Wildman–Crippen LogP) is 3.90. The largest absolute Gasteiger partial charge is 0.0879 e. The lowest BCUT2D eigenvalue weighted by atomic mass is 10.1. The molecule has 1 atom stereocenters. The van der Waals surface area contributed by atoms with Crippen LogP contribution in [0.4, 0.5) is 0 Å². The molecule has 3 aromatic carbocycles. The highest BCUT2D eigenvalue weighted by molar-refractivity contribution is 8.21. The van der Waals surface area contributed by atoms with Crippen molar-refractivity contribution in [2.24, 2.45) is 0 Å². The zero-order valence-electron chi connectivity index (χ0n) is 10.8. The van der Waals surface area contributed by atoms with Crippen LogP contribution in [0.5, 0.6) is 0 Å². The summed E-state index contributed by atoms with van der Waals surface area (Å²) in [5, 5.41) is 5.11. The van der Waals surface area contributed by atoms with E-state index >= 15 is 0 Å². The van der Waals surface area contributed by atoms with E-state index < -0.39 is 6.04 Å². The van der Waals surface area contributed by atoms with Gasteiger partial charge in [-0.15, -0.1) is 0 Å². The van der Waals surface area contributed by atoms with Gasteiger partial charge in [-0.05, 0) is 34.1 Å². The SMILES string of the molecule is CP(=S)(c1ccccc1)c1ccc2ccccc2c1. The van der Waals surface area contributed by atoms with Crippen molar-refractivity contribution < 1.29 is 0 Å². The Hall–Kier alpha value is -1.43. The Morgan fingerprint density at radius 2 is 1.32 bits per heavy atom. The predicted molar refractivity (Wildman–Crippen MR) is 89.9 cm³/mol. The van der Waals surface area contributed by atoms with Crippen LogP contribution in [-0.2, 0) is 11.8 Å². The molecule has 0 amide bonds. The fourth-order valence-electron chi connectivity index (χ4n) is 2.30. The first-order chi connectivity index (χ1) is 9.18. The van der Waals surface area contributed by atoms with Crippen molar-refractivity contribution in [2.75, 3.05) is 6.66 Å². The average molecular weight is 282 g/mol. The maximum absolute atomic E-state index is 5.95. The molecule has 0 bridgehead atoms. The van der Waals surface area contributed by atoms with E-state index in [9.17, 15) is 0 Å². The number of hydrogen-bond donors (Lipinski definition) is 0. The lowest BCUT2D eigenvalue weighted by Crippen LogP contribution is -2.14. The van der Waals surface area contributed by atoms with E-state index in [0.717, 1.165) is 0 Å². The van der Waals surface area contributed by atoms with Crippen molar-refractivity contribution in [1.29, 1.82) is 0 Å². The van der Waals surface area contributed by atoms with Crippen LogP contribution in [0.15, 0.2) is 72.8 Å². The topological polar surface area (TPSA) is 0 Å². The van der Waals surface area contributed by atoms with Crippen molar-refractivity contribution in [3.05, 3.63) is 72.8 Å². The molecule has 0 saturated heterocycles. The highest BCUT2D eigenvalue weighted by Gasteiger charge is 2.15. The Morgan fingerprint density at radius 1 is 0.684 bits per heavy atom. The lowest BCUT2D eigenvalue weighted by molar-refractivity contribution is 1.76. The van der Waals surface area contributed by atoms with Gasteiger partial charge in [0, 0.05) is 6.04 Å². The molecular formula is C17H15PS. The molecule has 0 saturated carbocycles. The molecule has 0 fully saturated rings. The second-order valence-corrected chi connectivity index (χ2v) is 9.86. The van der Waals surface area contributed by atoms with Crippen molar-refractivity contribution >= 4 is 39.2 Å². The molecule has 0 aromatic heterocycles. The van der Waals surface area contributed by atoms with Crippen molar-refractivity contribution in [3.63, 3.8) is 0 Å². The molecule has 19 heavy (non-hydrogen) atoms. The molecule has 0 aliphatic heterocycles. The first-order valence-electron chi connectivity index (χ1n) is 6.30. The van der Waals surface area contributed by atoms with Gasteiger partial charge >= 0.3 is 0 Å². The van der Waals surface area contributed by atoms with E-state index in [1.54, 1.807) is 0 Å². The van der Waals surface area contributed by atoms with E-state index in [-0.39, 0.29) is 0 Å². The number of fused-ring (bicyclic) bond motifs is 1. The molecular weight excluding hydrogens is 267 g/mol. The summed E-state index contributed by atoms with van der Waals surface area (Å²) in [4.78, 5) is 0. The van der Waals surface area contributed by atoms with Gasteiger partial charge in [-0.25, -0.2) is 0 Å². The maximum Gasteiger partial charge on any atom is 0.00763 e. The van der Waals surface area contributed by atoms with Gasteiger partial charge in [-0.3, -0.25) is 0 Å². The summed E-state index contributed by atoms with van der Waals surface area (Å²) in [5.74, 6) is 0. The van der Waals surface area contributed by atoms with E-state index in [2.05, 4.69) is 73.4 Å². The Labute approximate surface area is 119 Å². The smallest absolute Gasteiger partial charge is 0.00763 e. The fourth-order valence-corrected chi connectivity index (χ4v) is 4.79. The van der Waals surface area contributed by atoms with Crippen LogP contribution in [0.1, 0.15) is 0 Å². The lowest BCUT2D eigenvalue weighted by Gasteiger charge is -2.18.